The Hall–Kier alpha value is -0.980. The van der Waals surface area contributed by atoms with Crippen molar-refractivity contribution in [2.75, 3.05) is 13.2 Å². The number of benzene rings is 2. The predicted molar refractivity (Wildman–Crippen MR) is 109 cm³/mol. The van der Waals surface area contributed by atoms with Gasteiger partial charge in [0.05, 0.1) is 27.2 Å². The van der Waals surface area contributed by atoms with Gasteiger partial charge in [0.1, 0.15) is 6.61 Å². The maximum Gasteiger partial charge on any atom is 0.175 e. The maximum atomic E-state index is 9.35. The number of hydrogen-bond donors (Lipinski definition) is 2. The highest BCUT2D eigenvalue weighted by Crippen LogP contribution is 2.37. The van der Waals surface area contributed by atoms with E-state index in [1.54, 1.807) is 19.1 Å². The van der Waals surface area contributed by atoms with Gasteiger partial charge in [-0.15, -0.1) is 0 Å². The zero-order valence-corrected chi connectivity index (χ0v) is 17.8. The highest BCUT2D eigenvalue weighted by Gasteiger charge is 2.13. The summed E-state index contributed by atoms with van der Waals surface area (Å²) < 4.78 is 12.5. The minimum atomic E-state index is -0.390. The Morgan fingerprint density at radius 3 is 2.54 bits per heavy atom. The molecule has 0 aliphatic heterocycles. The molecule has 7 heteroatoms. The summed E-state index contributed by atoms with van der Waals surface area (Å²) in [4.78, 5) is 0. The summed E-state index contributed by atoms with van der Waals surface area (Å²) in [5.74, 6) is 1.30. The Kier molecular flexibility index (Phi) is 8.51. The van der Waals surface area contributed by atoms with E-state index in [9.17, 15) is 5.11 Å². The molecule has 4 nitrogen and oxygen atoms in total. The molecule has 0 radical (unpaired) electrons. The molecule has 2 rings (SSSR count). The largest absolute Gasteiger partial charge is 0.490 e. The van der Waals surface area contributed by atoms with Crippen LogP contribution in [0.2, 0.25) is 10.0 Å². The number of ether oxygens (including phenoxy) is 2. The van der Waals surface area contributed by atoms with E-state index in [-0.39, 0.29) is 0 Å². The highest BCUT2D eigenvalue weighted by molar-refractivity contribution is 9.10. The Labute approximate surface area is 172 Å². The first-order valence-corrected chi connectivity index (χ1v) is 9.86. The van der Waals surface area contributed by atoms with Crippen LogP contribution in [0.1, 0.15) is 25.0 Å². The van der Waals surface area contributed by atoms with Crippen molar-refractivity contribution in [2.45, 2.75) is 33.1 Å². The maximum absolute atomic E-state index is 9.35. The Morgan fingerprint density at radius 1 is 1.12 bits per heavy atom. The van der Waals surface area contributed by atoms with E-state index in [0.29, 0.717) is 47.8 Å². The molecule has 2 aromatic rings. The first kappa shape index (κ1) is 21.3. The van der Waals surface area contributed by atoms with Gasteiger partial charge in [-0.1, -0.05) is 29.3 Å². The summed E-state index contributed by atoms with van der Waals surface area (Å²) in [6.45, 7) is 5.69. The van der Waals surface area contributed by atoms with Crippen molar-refractivity contribution < 1.29 is 14.6 Å². The fourth-order valence-corrected chi connectivity index (χ4v) is 3.26. The van der Waals surface area contributed by atoms with Crippen molar-refractivity contribution in [3.63, 3.8) is 0 Å². The van der Waals surface area contributed by atoms with Gasteiger partial charge in [-0.3, -0.25) is 0 Å². The van der Waals surface area contributed by atoms with E-state index in [2.05, 4.69) is 21.2 Å². The predicted octanol–water partition coefficient (Wildman–Crippen LogP) is 5.20. The van der Waals surface area contributed by atoms with E-state index in [1.807, 2.05) is 25.1 Å². The number of nitrogens with one attached hydrogen (secondary N) is 1. The third-order valence-corrected chi connectivity index (χ3v) is 4.83. The summed E-state index contributed by atoms with van der Waals surface area (Å²) in [6.07, 6.45) is -0.390. The van der Waals surface area contributed by atoms with Gasteiger partial charge >= 0.3 is 0 Å². The summed E-state index contributed by atoms with van der Waals surface area (Å²) >= 11 is 15.6. The van der Waals surface area contributed by atoms with Crippen LogP contribution in [0.15, 0.2) is 34.8 Å². The van der Waals surface area contributed by atoms with Crippen LogP contribution in [0, 0.1) is 0 Å². The standard InChI is InChI=1S/C19H22BrCl2NO3/c1-3-25-18-8-14(10-23-9-12(2)24)6-15(20)19(18)26-11-13-4-5-16(21)17(22)7-13/h4-8,12,23-24H,3,9-11H2,1-2H3. The number of rotatable bonds is 9. The van der Waals surface area contributed by atoms with E-state index >= 15 is 0 Å². The molecule has 1 unspecified atom stereocenters. The molecule has 0 aliphatic rings. The molecule has 0 aliphatic carbocycles. The SMILES string of the molecule is CCOc1cc(CNCC(C)O)cc(Br)c1OCc1ccc(Cl)c(Cl)c1. The minimum absolute atomic E-state index is 0.342. The molecule has 0 saturated carbocycles. The fourth-order valence-electron chi connectivity index (χ4n) is 2.34. The molecule has 2 aromatic carbocycles. The van der Waals surface area contributed by atoms with Crippen molar-refractivity contribution in [1.29, 1.82) is 0 Å². The highest BCUT2D eigenvalue weighted by atomic mass is 79.9. The molecule has 1 atom stereocenters. The number of halogens is 3. The summed E-state index contributed by atoms with van der Waals surface area (Å²) in [5.41, 5.74) is 1.94. The second kappa shape index (κ2) is 10.4. The molecule has 0 saturated heterocycles. The number of aliphatic hydroxyl groups is 1. The molecule has 0 fully saturated rings. The molecule has 0 heterocycles. The van der Waals surface area contributed by atoms with Crippen LogP contribution in [0.5, 0.6) is 11.5 Å². The molecule has 26 heavy (non-hydrogen) atoms. The van der Waals surface area contributed by atoms with Gasteiger partial charge in [0.15, 0.2) is 11.5 Å². The van der Waals surface area contributed by atoms with Gasteiger partial charge in [0.2, 0.25) is 0 Å². The van der Waals surface area contributed by atoms with Crippen LogP contribution in [0.4, 0.5) is 0 Å². The topological polar surface area (TPSA) is 50.7 Å². The number of aliphatic hydroxyl groups excluding tert-OH is 1. The van der Waals surface area contributed by atoms with Crippen molar-refractivity contribution >= 4 is 39.1 Å². The lowest BCUT2D eigenvalue weighted by Crippen LogP contribution is -2.23. The van der Waals surface area contributed by atoms with Crippen molar-refractivity contribution in [3.05, 3.63) is 56.0 Å². The van der Waals surface area contributed by atoms with Crippen LogP contribution < -0.4 is 14.8 Å². The van der Waals surface area contributed by atoms with Gasteiger partial charge in [-0.25, -0.2) is 0 Å². The quantitative estimate of drug-likeness (QED) is 0.537. The summed E-state index contributed by atoms with van der Waals surface area (Å²) in [6, 6.07) is 9.32. The molecule has 0 bridgehead atoms. The first-order valence-electron chi connectivity index (χ1n) is 8.31. The molecular weight excluding hydrogens is 441 g/mol. The fraction of sp³-hybridized carbons (Fsp3) is 0.368. The summed E-state index contributed by atoms with van der Waals surface area (Å²) in [5, 5.41) is 13.6. The van der Waals surface area contributed by atoms with Crippen LogP contribution in [0.25, 0.3) is 0 Å². The zero-order valence-electron chi connectivity index (χ0n) is 14.7. The second-order valence-electron chi connectivity index (χ2n) is 5.85. The lowest BCUT2D eigenvalue weighted by atomic mass is 10.2. The van der Waals surface area contributed by atoms with Gasteiger partial charge in [-0.2, -0.15) is 0 Å². The van der Waals surface area contributed by atoms with E-state index < -0.39 is 6.10 Å². The Bertz CT molecular complexity index is 741. The molecular formula is C19H22BrCl2NO3. The minimum Gasteiger partial charge on any atom is -0.490 e. The lowest BCUT2D eigenvalue weighted by Gasteiger charge is -2.16. The smallest absolute Gasteiger partial charge is 0.175 e. The van der Waals surface area contributed by atoms with Gasteiger partial charge < -0.3 is 19.9 Å². The van der Waals surface area contributed by atoms with Gasteiger partial charge in [-0.05, 0) is 65.2 Å². The molecule has 0 spiro atoms. The van der Waals surface area contributed by atoms with Crippen molar-refractivity contribution in [2.24, 2.45) is 0 Å². The Morgan fingerprint density at radius 2 is 1.88 bits per heavy atom. The molecule has 142 valence electrons. The third-order valence-electron chi connectivity index (χ3n) is 3.51. The Balaban J connectivity index is 2.14. The normalized spacial score (nSPS) is 12.1. The van der Waals surface area contributed by atoms with Crippen LogP contribution in [0.3, 0.4) is 0 Å². The second-order valence-corrected chi connectivity index (χ2v) is 7.52. The van der Waals surface area contributed by atoms with Crippen molar-refractivity contribution in [3.8, 4) is 11.5 Å². The van der Waals surface area contributed by atoms with Gasteiger partial charge in [0.25, 0.3) is 0 Å². The van der Waals surface area contributed by atoms with Crippen LogP contribution in [-0.4, -0.2) is 24.4 Å². The lowest BCUT2D eigenvalue weighted by molar-refractivity contribution is 0.191. The molecule has 2 N–H and O–H groups in total. The van der Waals surface area contributed by atoms with Crippen LogP contribution >= 0.6 is 39.1 Å². The van der Waals surface area contributed by atoms with E-state index in [4.69, 9.17) is 32.7 Å². The average molecular weight is 463 g/mol. The molecule has 0 aromatic heterocycles. The monoisotopic (exact) mass is 461 g/mol. The zero-order chi connectivity index (χ0) is 19.1. The number of hydrogen-bond acceptors (Lipinski definition) is 4. The van der Waals surface area contributed by atoms with Gasteiger partial charge in [0, 0.05) is 13.1 Å². The van der Waals surface area contributed by atoms with E-state index in [0.717, 1.165) is 15.6 Å². The first-order chi connectivity index (χ1) is 12.4. The van der Waals surface area contributed by atoms with Crippen molar-refractivity contribution in [1.82, 2.24) is 5.32 Å². The molecule has 0 amide bonds. The van der Waals surface area contributed by atoms with E-state index in [1.165, 1.54) is 0 Å². The third kappa shape index (κ3) is 6.32. The average Bonchev–Trinajstić information content (AvgIpc) is 2.57. The van der Waals surface area contributed by atoms with Crippen LogP contribution in [-0.2, 0) is 13.2 Å². The summed E-state index contributed by atoms with van der Waals surface area (Å²) in [7, 11) is 0.